The van der Waals surface area contributed by atoms with Crippen molar-refractivity contribution in [1.29, 1.82) is 15.8 Å². The van der Waals surface area contributed by atoms with Gasteiger partial charge in [-0.1, -0.05) is 11.6 Å². The van der Waals surface area contributed by atoms with Crippen molar-refractivity contribution in [3.63, 3.8) is 0 Å². The van der Waals surface area contributed by atoms with Crippen molar-refractivity contribution >= 4 is 23.3 Å². The fourth-order valence-electron chi connectivity index (χ4n) is 1.26. The Morgan fingerprint density at radius 3 is 2.30 bits per heavy atom. The minimum atomic E-state index is -1.46. The summed E-state index contributed by atoms with van der Waals surface area (Å²) in [5.41, 5.74) is -2.26. The van der Waals surface area contributed by atoms with E-state index in [1.165, 1.54) is 18.2 Å². The lowest BCUT2D eigenvalue weighted by molar-refractivity contribution is 0.0697. The first kappa shape index (κ1) is 15.0. The molecule has 2 N–H and O–H groups in total. The largest absolute Gasteiger partial charge is 0.478 e. The van der Waals surface area contributed by atoms with Gasteiger partial charge in [-0.05, 0) is 12.1 Å². The van der Waals surface area contributed by atoms with Gasteiger partial charge in [0.2, 0.25) is 0 Å². The molecule has 98 valence electrons. The lowest BCUT2D eigenvalue weighted by atomic mass is 10.1. The van der Waals surface area contributed by atoms with Crippen LogP contribution in [0.15, 0.2) is 23.4 Å². The molecule has 0 saturated carbocycles. The molecule has 0 radical (unpaired) electrons. The predicted molar refractivity (Wildman–Crippen MR) is 65.9 cm³/mol. The third-order valence-electron chi connectivity index (χ3n) is 2.16. The monoisotopic (exact) mass is 290 g/mol. The van der Waals surface area contributed by atoms with Gasteiger partial charge in [0.05, 0.1) is 16.3 Å². The number of halogens is 2. The number of nitrogens with zero attached hydrogens (tertiary/aromatic N) is 3. The Bertz CT molecular complexity index is 722. The number of rotatable bonds is 3. The summed E-state index contributed by atoms with van der Waals surface area (Å²) in [6.45, 7) is 0. The number of hydrogen-bond donors (Lipinski definition) is 2. The zero-order valence-electron chi connectivity index (χ0n) is 9.61. The summed E-state index contributed by atoms with van der Waals surface area (Å²) in [5.74, 6) is -2.56. The van der Waals surface area contributed by atoms with Crippen LogP contribution in [0.4, 0.5) is 10.1 Å². The Morgan fingerprint density at radius 2 is 1.85 bits per heavy atom. The van der Waals surface area contributed by atoms with Crippen LogP contribution >= 0.6 is 11.6 Å². The number of hydrogen-bond acceptors (Lipinski definition) is 5. The molecule has 1 aromatic rings. The molecule has 8 heteroatoms. The average Bonchev–Trinajstić information content (AvgIpc) is 2.43. The summed E-state index contributed by atoms with van der Waals surface area (Å²) in [6.07, 6.45) is 0. The number of nitrogens with one attached hydrogen (secondary N) is 1. The normalized spacial score (nSPS) is 8.75. The van der Waals surface area contributed by atoms with E-state index < -0.39 is 34.3 Å². The van der Waals surface area contributed by atoms with Gasteiger partial charge in [-0.25, -0.2) is 9.18 Å². The van der Waals surface area contributed by atoms with E-state index in [2.05, 4.69) is 5.32 Å². The second kappa shape index (κ2) is 6.19. The lowest BCUT2D eigenvalue weighted by Gasteiger charge is -2.10. The Balaban J connectivity index is 3.50. The fraction of sp³-hybridized carbons (Fsp3) is 0. The van der Waals surface area contributed by atoms with Crippen LogP contribution in [0.25, 0.3) is 0 Å². The first-order valence-corrected chi connectivity index (χ1v) is 5.27. The Morgan fingerprint density at radius 1 is 1.25 bits per heavy atom. The van der Waals surface area contributed by atoms with Crippen LogP contribution in [0.2, 0.25) is 5.02 Å². The molecule has 0 aliphatic carbocycles. The van der Waals surface area contributed by atoms with Gasteiger partial charge >= 0.3 is 5.97 Å². The molecular formula is C12H4ClFN4O2. The predicted octanol–water partition coefficient (Wildman–Crippen LogP) is 2.41. The smallest absolute Gasteiger partial charge is 0.337 e. The van der Waals surface area contributed by atoms with Gasteiger partial charge < -0.3 is 10.4 Å². The molecule has 20 heavy (non-hydrogen) atoms. The number of carbonyl (C=O) groups is 1. The molecule has 0 unspecified atom stereocenters. The Labute approximate surface area is 117 Å². The van der Waals surface area contributed by atoms with Crippen molar-refractivity contribution in [3.05, 3.63) is 39.8 Å². The van der Waals surface area contributed by atoms with E-state index >= 15 is 0 Å². The van der Waals surface area contributed by atoms with Crippen molar-refractivity contribution in [2.45, 2.75) is 0 Å². The SMILES string of the molecule is N#CC(C#N)=C(C#N)Nc1c(C(=O)O)ccc(Cl)c1F. The summed E-state index contributed by atoms with van der Waals surface area (Å²) in [6, 6.07) is 6.43. The number of aromatic carboxylic acids is 1. The molecule has 6 nitrogen and oxygen atoms in total. The van der Waals surface area contributed by atoms with E-state index in [-0.39, 0.29) is 5.02 Å². The molecule has 0 amide bonds. The lowest BCUT2D eigenvalue weighted by Crippen LogP contribution is -2.09. The second-order valence-corrected chi connectivity index (χ2v) is 3.71. The highest BCUT2D eigenvalue weighted by atomic mass is 35.5. The van der Waals surface area contributed by atoms with Crippen molar-refractivity contribution in [2.75, 3.05) is 5.32 Å². The number of carboxylic acids is 1. The Kier molecular flexibility index (Phi) is 4.64. The van der Waals surface area contributed by atoms with Crippen LogP contribution in [0.1, 0.15) is 10.4 Å². The number of anilines is 1. The summed E-state index contributed by atoms with van der Waals surface area (Å²) in [7, 11) is 0. The molecule has 1 rings (SSSR count). The van der Waals surface area contributed by atoms with Crippen molar-refractivity contribution in [1.82, 2.24) is 0 Å². The van der Waals surface area contributed by atoms with Crippen LogP contribution in [0, 0.1) is 39.8 Å². The van der Waals surface area contributed by atoms with E-state index in [4.69, 9.17) is 32.5 Å². The fourth-order valence-corrected chi connectivity index (χ4v) is 1.42. The van der Waals surface area contributed by atoms with E-state index in [0.717, 1.165) is 12.1 Å². The molecule has 0 aliphatic rings. The van der Waals surface area contributed by atoms with Crippen LogP contribution < -0.4 is 5.32 Å². The molecule has 0 saturated heterocycles. The average molecular weight is 291 g/mol. The van der Waals surface area contributed by atoms with E-state index in [9.17, 15) is 9.18 Å². The van der Waals surface area contributed by atoms with Gasteiger partial charge in [-0.15, -0.1) is 0 Å². The molecule has 0 aromatic heterocycles. The first-order chi connectivity index (χ1) is 9.46. The van der Waals surface area contributed by atoms with Gasteiger partial charge in [0.15, 0.2) is 11.4 Å². The molecule has 0 fully saturated rings. The van der Waals surface area contributed by atoms with Gasteiger partial charge in [0.25, 0.3) is 0 Å². The van der Waals surface area contributed by atoms with Crippen LogP contribution in [0.3, 0.4) is 0 Å². The maximum absolute atomic E-state index is 13.8. The van der Waals surface area contributed by atoms with Crippen LogP contribution in [-0.2, 0) is 0 Å². The molecule has 0 bridgehead atoms. The second-order valence-electron chi connectivity index (χ2n) is 3.30. The highest BCUT2D eigenvalue weighted by Crippen LogP contribution is 2.28. The van der Waals surface area contributed by atoms with Gasteiger partial charge in [0, 0.05) is 0 Å². The van der Waals surface area contributed by atoms with Gasteiger partial charge in [0.1, 0.15) is 23.9 Å². The zero-order valence-corrected chi connectivity index (χ0v) is 10.4. The molecule has 0 atom stereocenters. The molecule has 0 spiro atoms. The van der Waals surface area contributed by atoms with Crippen molar-refractivity contribution < 1.29 is 14.3 Å². The summed E-state index contributed by atoms with van der Waals surface area (Å²) >= 11 is 5.53. The summed E-state index contributed by atoms with van der Waals surface area (Å²) < 4.78 is 13.8. The number of nitriles is 3. The third-order valence-corrected chi connectivity index (χ3v) is 2.45. The van der Waals surface area contributed by atoms with Crippen LogP contribution in [-0.4, -0.2) is 11.1 Å². The van der Waals surface area contributed by atoms with Crippen LogP contribution in [0.5, 0.6) is 0 Å². The quantitative estimate of drug-likeness (QED) is 0.825. The number of benzene rings is 1. The van der Waals surface area contributed by atoms with E-state index in [1.807, 2.05) is 0 Å². The molecule has 1 aromatic carbocycles. The topological polar surface area (TPSA) is 121 Å². The Hall–Kier alpha value is -3.08. The summed E-state index contributed by atoms with van der Waals surface area (Å²) in [5, 5.41) is 36.8. The zero-order chi connectivity index (χ0) is 15.3. The van der Waals surface area contributed by atoms with Crippen molar-refractivity contribution in [2.24, 2.45) is 0 Å². The van der Waals surface area contributed by atoms with E-state index in [0.29, 0.717) is 0 Å². The minimum absolute atomic E-state index is 0.370. The van der Waals surface area contributed by atoms with Gasteiger partial charge in [-0.3, -0.25) is 0 Å². The maximum Gasteiger partial charge on any atom is 0.337 e. The molecular weight excluding hydrogens is 287 g/mol. The first-order valence-electron chi connectivity index (χ1n) is 4.89. The number of carboxylic acid groups (broad SMARTS) is 1. The van der Waals surface area contributed by atoms with Gasteiger partial charge in [-0.2, -0.15) is 15.8 Å². The maximum atomic E-state index is 13.8. The third kappa shape index (κ3) is 2.84. The standard InChI is InChI=1S/C12H4ClFN4O2/c13-8-2-1-7(12(19)20)11(10(8)14)18-9(5-17)6(3-15)4-16/h1-2,18H,(H,19,20). The molecule has 0 aliphatic heterocycles. The highest BCUT2D eigenvalue weighted by Gasteiger charge is 2.19. The summed E-state index contributed by atoms with van der Waals surface area (Å²) in [4.78, 5) is 11.0. The highest BCUT2D eigenvalue weighted by molar-refractivity contribution is 6.31. The molecule has 0 heterocycles. The van der Waals surface area contributed by atoms with Crippen molar-refractivity contribution in [3.8, 4) is 18.2 Å². The number of allylic oxidation sites excluding steroid dienone is 2. The van der Waals surface area contributed by atoms with E-state index in [1.54, 1.807) is 0 Å². The minimum Gasteiger partial charge on any atom is -0.478 e.